The molecule has 1 heterocycles. The van der Waals surface area contributed by atoms with E-state index in [1.54, 1.807) is 28.4 Å². The SMILES string of the molecule is COc1cc(OC)cc(C2=C(c3cc(OC)cc(OC)c3)C(C)(C)NC2(C)C)c1. The smallest absolute Gasteiger partial charge is 0.123 e. The van der Waals surface area contributed by atoms with Crippen LogP contribution in [0.2, 0.25) is 0 Å². The van der Waals surface area contributed by atoms with Gasteiger partial charge in [0.15, 0.2) is 0 Å². The highest BCUT2D eigenvalue weighted by atomic mass is 16.5. The van der Waals surface area contributed by atoms with Crippen molar-refractivity contribution in [3.05, 3.63) is 47.5 Å². The highest BCUT2D eigenvalue weighted by Gasteiger charge is 2.44. The van der Waals surface area contributed by atoms with Gasteiger partial charge in [-0.15, -0.1) is 0 Å². The predicted octanol–water partition coefficient (Wildman–Crippen LogP) is 4.79. The molecule has 0 saturated carbocycles. The maximum atomic E-state index is 5.53. The van der Waals surface area contributed by atoms with Gasteiger partial charge in [-0.1, -0.05) is 0 Å². The molecule has 5 heteroatoms. The number of rotatable bonds is 6. The minimum atomic E-state index is -0.271. The summed E-state index contributed by atoms with van der Waals surface area (Å²) in [5.74, 6) is 3.04. The molecule has 0 radical (unpaired) electrons. The zero-order chi connectivity index (χ0) is 21.4. The fourth-order valence-corrected chi connectivity index (χ4v) is 4.45. The van der Waals surface area contributed by atoms with E-state index in [4.69, 9.17) is 18.9 Å². The normalized spacial score (nSPS) is 17.2. The highest BCUT2D eigenvalue weighted by molar-refractivity contribution is 6.01. The average Bonchev–Trinajstić information content (AvgIpc) is 2.90. The van der Waals surface area contributed by atoms with Crippen molar-refractivity contribution in [2.24, 2.45) is 0 Å². The quantitative estimate of drug-likeness (QED) is 0.759. The summed E-state index contributed by atoms with van der Waals surface area (Å²) in [5.41, 5.74) is 3.95. The lowest BCUT2D eigenvalue weighted by Crippen LogP contribution is -2.46. The van der Waals surface area contributed by atoms with Crippen LogP contribution in [-0.2, 0) is 0 Å². The van der Waals surface area contributed by atoms with E-state index in [0.29, 0.717) is 0 Å². The van der Waals surface area contributed by atoms with E-state index in [-0.39, 0.29) is 11.1 Å². The van der Waals surface area contributed by atoms with Gasteiger partial charge in [-0.05, 0) is 74.2 Å². The molecule has 0 atom stereocenters. The van der Waals surface area contributed by atoms with Crippen molar-refractivity contribution in [1.29, 1.82) is 0 Å². The topological polar surface area (TPSA) is 49.0 Å². The van der Waals surface area contributed by atoms with Crippen LogP contribution in [0.5, 0.6) is 23.0 Å². The average molecular weight is 398 g/mol. The number of methoxy groups -OCH3 is 4. The Balaban J connectivity index is 2.36. The number of benzene rings is 2. The van der Waals surface area contributed by atoms with E-state index in [1.165, 1.54) is 11.1 Å². The maximum Gasteiger partial charge on any atom is 0.123 e. The fourth-order valence-electron chi connectivity index (χ4n) is 4.45. The minimum absolute atomic E-state index is 0.271. The lowest BCUT2D eigenvalue weighted by molar-refractivity contribution is 0.392. The Morgan fingerprint density at radius 1 is 0.517 bits per heavy atom. The van der Waals surface area contributed by atoms with Gasteiger partial charge in [0.05, 0.1) is 28.4 Å². The molecule has 0 amide bonds. The molecular weight excluding hydrogens is 366 g/mol. The van der Waals surface area contributed by atoms with Gasteiger partial charge in [0.1, 0.15) is 23.0 Å². The van der Waals surface area contributed by atoms with Crippen LogP contribution in [0.4, 0.5) is 0 Å². The Bertz CT molecular complexity index is 824. The van der Waals surface area contributed by atoms with E-state index in [1.807, 2.05) is 12.1 Å². The van der Waals surface area contributed by atoms with Crippen LogP contribution in [0, 0.1) is 0 Å². The largest absolute Gasteiger partial charge is 0.497 e. The van der Waals surface area contributed by atoms with Crippen LogP contribution in [0.15, 0.2) is 36.4 Å². The number of hydrogen-bond acceptors (Lipinski definition) is 5. The summed E-state index contributed by atoms with van der Waals surface area (Å²) in [7, 11) is 6.68. The first-order chi connectivity index (χ1) is 13.6. The van der Waals surface area contributed by atoms with Crippen LogP contribution < -0.4 is 24.3 Å². The Labute approximate surface area is 173 Å². The van der Waals surface area contributed by atoms with Gasteiger partial charge < -0.3 is 18.9 Å². The van der Waals surface area contributed by atoms with E-state index in [9.17, 15) is 0 Å². The molecule has 1 N–H and O–H groups in total. The third-order valence-electron chi connectivity index (χ3n) is 5.41. The second kappa shape index (κ2) is 7.64. The standard InChI is InChI=1S/C24H31NO4/c1-23(2)21(15-9-17(26-5)13-18(10-15)27-6)22(24(3,4)25-23)16-11-19(28-7)14-20(12-16)29-8/h9-14,25H,1-8H3. The lowest BCUT2D eigenvalue weighted by Gasteiger charge is -2.29. The van der Waals surface area contributed by atoms with E-state index in [2.05, 4.69) is 57.3 Å². The maximum absolute atomic E-state index is 5.53. The Morgan fingerprint density at radius 3 is 1.03 bits per heavy atom. The second-order valence-corrected chi connectivity index (χ2v) is 8.33. The summed E-state index contributed by atoms with van der Waals surface area (Å²) in [6.07, 6.45) is 0. The molecule has 1 aliphatic rings. The van der Waals surface area contributed by atoms with Gasteiger partial charge in [-0.25, -0.2) is 0 Å². The molecule has 0 unspecified atom stereocenters. The molecular formula is C24H31NO4. The van der Waals surface area contributed by atoms with Crippen LogP contribution in [0.1, 0.15) is 38.8 Å². The molecule has 2 aromatic rings. The summed E-state index contributed by atoms with van der Waals surface area (Å²) in [5, 5.41) is 3.78. The molecule has 5 nitrogen and oxygen atoms in total. The van der Waals surface area contributed by atoms with Crippen molar-refractivity contribution in [2.45, 2.75) is 38.8 Å². The third kappa shape index (κ3) is 3.92. The molecule has 156 valence electrons. The van der Waals surface area contributed by atoms with Gasteiger partial charge in [-0.2, -0.15) is 0 Å². The monoisotopic (exact) mass is 397 g/mol. The zero-order valence-corrected chi connectivity index (χ0v) is 18.6. The van der Waals surface area contributed by atoms with Gasteiger partial charge in [0.2, 0.25) is 0 Å². The molecule has 0 saturated heterocycles. The van der Waals surface area contributed by atoms with Crippen molar-refractivity contribution in [3.63, 3.8) is 0 Å². The Kier molecular flexibility index (Phi) is 5.54. The molecule has 29 heavy (non-hydrogen) atoms. The molecule has 0 bridgehead atoms. The fraction of sp³-hybridized carbons (Fsp3) is 0.417. The first kappa shape index (κ1) is 21.1. The summed E-state index contributed by atoms with van der Waals surface area (Å²) in [4.78, 5) is 0. The predicted molar refractivity (Wildman–Crippen MR) is 117 cm³/mol. The lowest BCUT2D eigenvalue weighted by atomic mass is 9.82. The van der Waals surface area contributed by atoms with Crippen LogP contribution >= 0.6 is 0 Å². The Morgan fingerprint density at radius 2 is 0.793 bits per heavy atom. The van der Waals surface area contributed by atoms with Crippen molar-refractivity contribution in [2.75, 3.05) is 28.4 Å². The van der Waals surface area contributed by atoms with Crippen molar-refractivity contribution in [3.8, 4) is 23.0 Å². The third-order valence-corrected chi connectivity index (χ3v) is 5.41. The van der Waals surface area contributed by atoms with Crippen molar-refractivity contribution < 1.29 is 18.9 Å². The van der Waals surface area contributed by atoms with Crippen LogP contribution in [0.25, 0.3) is 11.1 Å². The van der Waals surface area contributed by atoms with Gasteiger partial charge >= 0.3 is 0 Å². The second-order valence-electron chi connectivity index (χ2n) is 8.33. The van der Waals surface area contributed by atoms with Crippen LogP contribution in [-0.4, -0.2) is 39.5 Å². The van der Waals surface area contributed by atoms with E-state index >= 15 is 0 Å². The van der Waals surface area contributed by atoms with Crippen molar-refractivity contribution in [1.82, 2.24) is 5.32 Å². The Hall–Kier alpha value is -2.66. The summed E-state index contributed by atoms with van der Waals surface area (Å²) in [6.45, 7) is 8.78. The molecule has 3 rings (SSSR count). The molecule has 0 aromatic heterocycles. The van der Waals surface area contributed by atoms with Crippen LogP contribution in [0.3, 0.4) is 0 Å². The van der Waals surface area contributed by atoms with E-state index in [0.717, 1.165) is 34.1 Å². The summed E-state index contributed by atoms with van der Waals surface area (Å²) >= 11 is 0. The molecule has 0 aliphatic carbocycles. The first-order valence-corrected chi connectivity index (χ1v) is 9.66. The summed E-state index contributed by atoms with van der Waals surface area (Å²) < 4.78 is 22.1. The summed E-state index contributed by atoms with van der Waals surface area (Å²) in [6, 6.07) is 12.0. The number of hydrogen-bond donors (Lipinski definition) is 1. The van der Waals surface area contributed by atoms with E-state index < -0.39 is 0 Å². The molecule has 2 aromatic carbocycles. The van der Waals surface area contributed by atoms with Gasteiger partial charge in [0, 0.05) is 23.2 Å². The van der Waals surface area contributed by atoms with Crippen molar-refractivity contribution >= 4 is 11.1 Å². The number of nitrogens with one attached hydrogen (secondary N) is 1. The molecule has 1 aliphatic heterocycles. The molecule has 0 spiro atoms. The van der Waals surface area contributed by atoms with Gasteiger partial charge in [-0.3, -0.25) is 5.32 Å². The highest BCUT2D eigenvalue weighted by Crippen LogP contribution is 2.49. The first-order valence-electron chi connectivity index (χ1n) is 9.66. The molecule has 0 fully saturated rings. The minimum Gasteiger partial charge on any atom is -0.497 e. The van der Waals surface area contributed by atoms with Gasteiger partial charge in [0.25, 0.3) is 0 Å². The zero-order valence-electron chi connectivity index (χ0n) is 18.6. The number of ether oxygens (including phenoxy) is 4.